The molecule has 1 aromatic heterocycles. The summed E-state index contributed by atoms with van der Waals surface area (Å²) >= 11 is 7.09. The van der Waals surface area contributed by atoms with Gasteiger partial charge in [0.1, 0.15) is 5.52 Å². The molecule has 0 unspecified atom stereocenters. The van der Waals surface area contributed by atoms with Crippen LogP contribution in [-0.2, 0) is 11.2 Å². The van der Waals surface area contributed by atoms with E-state index >= 15 is 0 Å². The number of pyridine rings is 1. The molecule has 6 heteroatoms. The Bertz CT molecular complexity index is 1000. The number of hydrogen-bond donors (Lipinski definition) is 0. The van der Waals surface area contributed by atoms with E-state index in [1.807, 2.05) is 29.2 Å². The third kappa shape index (κ3) is 4.81. The van der Waals surface area contributed by atoms with E-state index in [-0.39, 0.29) is 12.5 Å². The van der Waals surface area contributed by atoms with Gasteiger partial charge in [0.2, 0.25) is 0 Å². The van der Waals surface area contributed by atoms with Crippen LogP contribution in [0.2, 0.25) is 0 Å². The molecule has 150 valence electrons. The average Bonchev–Trinajstić information content (AvgIpc) is 2.75. The van der Waals surface area contributed by atoms with Gasteiger partial charge in [-0.1, -0.05) is 52.3 Å². The van der Waals surface area contributed by atoms with Crippen molar-refractivity contribution in [3.05, 3.63) is 69.2 Å². The summed E-state index contributed by atoms with van der Waals surface area (Å²) in [6, 6.07) is 16.4. The Hall–Kier alpha value is -1.92. The largest absolute Gasteiger partial charge is 0.480 e. The Morgan fingerprint density at radius 2 is 1.83 bits per heavy atom. The van der Waals surface area contributed by atoms with Gasteiger partial charge in [-0.3, -0.25) is 9.78 Å². The molecule has 1 aliphatic heterocycles. The quantitative estimate of drug-likeness (QED) is 0.441. The van der Waals surface area contributed by atoms with Crippen molar-refractivity contribution in [1.29, 1.82) is 0 Å². The minimum atomic E-state index is 0.0231. The van der Waals surface area contributed by atoms with E-state index in [0.717, 1.165) is 52.2 Å². The summed E-state index contributed by atoms with van der Waals surface area (Å²) in [4.78, 5) is 19.1. The highest BCUT2D eigenvalue weighted by Gasteiger charge is 2.24. The van der Waals surface area contributed by atoms with Crippen LogP contribution in [0.25, 0.3) is 10.9 Å². The Kier molecular flexibility index (Phi) is 6.50. The van der Waals surface area contributed by atoms with Gasteiger partial charge in [-0.25, -0.2) is 0 Å². The number of benzene rings is 2. The number of carbonyl (C=O) groups is 1. The predicted octanol–water partition coefficient (Wildman–Crippen LogP) is 5.62. The Morgan fingerprint density at radius 1 is 1.07 bits per heavy atom. The van der Waals surface area contributed by atoms with Crippen molar-refractivity contribution in [2.24, 2.45) is 5.92 Å². The van der Waals surface area contributed by atoms with Gasteiger partial charge in [0.15, 0.2) is 12.4 Å². The summed E-state index contributed by atoms with van der Waals surface area (Å²) in [6.45, 7) is 1.61. The molecule has 4 rings (SSSR count). The molecule has 0 atom stereocenters. The molecule has 3 aromatic rings. The molecule has 0 radical (unpaired) electrons. The normalized spacial score (nSPS) is 14.9. The third-order valence-electron chi connectivity index (χ3n) is 5.42. The zero-order chi connectivity index (χ0) is 20.2. The number of likely N-dealkylation sites (tertiary alicyclic amines) is 1. The first kappa shape index (κ1) is 20.4. The van der Waals surface area contributed by atoms with Crippen molar-refractivity contribution in [2.45, 2.75) is 19.3 Å². The lowest BCUT2D eigenvalue weighted by Gasteiger charge is -2.32. The number of rotatable bonds is 5. The monoisotopic (exact) mass is 516 g/mol. The van der Waals surface area contributed by atoms with E-state index in [2.05, 4.69) is 61.1 Å². The molecule has 0 N–H and O–H groups in total. The number of piperidine rings is 1. The molecule has 29 heavy (non-hydrogen) atoms. The molecule has 4 nitrogen and oxygen atoms in total. The number of ether oxygens (including phenoxy) is 1. The minimum Gasteiger partial charge on any atom is -0.480 e. The number of halogens is 2. The molecule has 2 heterocycles. The van der Waals surface area contributed by atoms with E-state index in [1.54, 1.807) is 6.20 Å². The highest BCUT2D eigenvalue weighted by molar-refractivity contribution is 9.11. The number of nitrogens with zero attached hydrogens (tertiary/aromatic N) is 2. The second-order valence-corrected chi connectivity index (χ2v) is 9.08. The lowest BCUT2D eigenvalue weighted by molar-refractivity contribution is -0.134. The SMILES string of the molecule is O=C(COc1c(Br)cc(Br)c2cccnc12)N1CCC(Cc2ccccc2)CC1. The molecule has 0 spiro atoms. The van der Waals surface area contributed by atoms with Crippen molar-refractivity contribution in [1.82, 2.24) is 9.88 Å². The highest BCUT2D eigenvalue weighted by Crippen LogP contribution is 2.37. The van der Waals surface area contributed by atoms with E-state index < -0.39 is 0 Å². The summed E-state index contributed by atoms with van der Waals surface area (Å²) in [5.41, 5.74) is 2.11. The maximum Gasteiger partial charge on any atom is 0.260 e. The number of hydrogen-bond acceptors (Lipinski definition) is 3. The van der Waals surface area contributed by atoms with Crippen LogP contribution in [-0.4, -0.2) is 35.5 Å². The van der Waals surface area contributed by atoms with Gasteiger partial charge in [-0.2, -0.15) is 0 Å². The maximum atomic E-state index is 12.7. The van der Waals surface area contributed by atoms with Gasteiger partial charge in [0.25, 0.3) is 5.91 Å². The predicted molar refractivity (Wildman–Crippen MR) is 122 cm³/mol. The van der Waals surface area contributed by atoms with Gasteiger partial charge in [-0.05, 0) is 58.8 Å². The van der Waals surface area contributed by atoms with Crippen molar-refractivity contribution in [3.8, 4) is 5.75 Å². The molecule has 1 saturated heterocycles. The molecule has 2 aromatic carbocycles. The van der Waals surface area contributed by atoms with E-state index in [1.165, 1.54) is 5.56 Å². The Morgan fingerprint density at radius 3 is 2.59 bits per heavy atom. The van der Waals surface area contributed by atoms with Crippen LogP contribution in [0.15, 0.2) is 63.7 Å². The number of amides is 1. The maximum absolute atomic E-state index is 12.7. The fourth-order valence-corrected chi connectivity index (χ4v) is 5.23. The van der Waals surface area contributed by atoms with Crippen LogP contribution in [0.1, 0.15) is 18.4 Å². The van der Waals surface area contributed by atoms with Crippen LogP contribution in [0, 0.1) is 5.92 Å². The summed E-state index contributed by atoms with van der Waals surface area (Å²) in [5, 5.41) is 0.958. The zero-order valence-electron chi connectivity index (χ0n) is 16.0. The van der Waals surface area contributed by atoms with Crippen LogP contribution >= 0.6 is 31.9 Å². The van der Waals surface area contributed by atoms with Crippen molar-refractivity contribution < 1.29 is 9.53 Å². The summed E-state index contributed by atoms with van der Waals surface area (Å²) < 4.78 is 7.64. The van der Waals surface area contributed by atoms with E-state index in [9.17, 15) is 4.79 Å². The smallest absolute Gasteiger partial charge is 0.260 e. The van der Waals surface area contributed by atoms with Gasteiger partial charge in [0, 0.05) is 29.1 Å². The number of fused-ring (bicyclic) bond motifs is 1. The lowest BCUT2D eigenvalue weighted by atomic mass is 9.90. The fraction of sp³-hybridized carbons (Fsp3) is 0.304. The first-order valence-electron chi connectivity index (χ1n) is 9.79. The zero-order valence-corrected chi connectivity index (χ0v) is 19.2. The van der Waals surface area contributed by atoms with Gasteiger partial charge in [-0.15, -0.1) is 0 Å². The van der Waals surface area contributed by atoms with Crippen LogP contribution in [0.5, 0.6) is 5.75 Å². The lowest BCUT2D eigenvalue weighted by Crippen LogP contribution is -2.41. The molecule has 0 bridgehead atoms. The van der Waals surface area contributed by atoms with Gasteiger partial charge >= 0.3 is 0 Å². The second-order valence-electron chi connectivity index (χ2n) is 7.37. The van der Waals surface area contributed by atoms with E-state index in [0.29, 0.717) is 11.7 Å². The fourth-order valence-electron chi connectivity index (χ4n) is 3.84. The average molecular weight is 518 g/mol. The molecule has 1 aliphatic rings. The summed E-state index contributed by atoms with van der Waals surface area (Å²) in [5.74, 6) is 1.27. The first-order chi connectivity index (χ1) is 14.1. The van der Waals surface area contributed by atoms with Gasteiger partial charge in [0.05, 0.1) is 4.47 Å². The second kappa shape index (κ2) is 9.26. The number of carbonyl (C=O) groups excluding carboxylic acids is 1. The molecule has 0 saturated carbocycles. The molecule has 1 fully saturated rings. The van der Waals surface area contributed by atoms with Crippen LogP contribution < -0.4 is 4.74 Å². The molecule has 1 amide bonds. The van der Waals surface area contributed by atoms with Crippen LogP contribution in [0.3, 0.4) is 0 Å². The Balaban J connectivity index is 1.35. The standard InChI is InChI=1S/C23H22Br2N2O2/c24-19-14-20(25)23(22-18(19)7-4-10-26-22)29-15-21(28)27-11-8-17(9-12-27)13-16-5-2-1-3-6-16/h1-7,10,14,17H,8-9,11-13,15H2. The van der Waals surface area contributed by atoms with E-state index in [4.69, 9.17) is 4.74 Å². The molecule has 0 aliphatic carbocycles. The van der Waals surface area contributed by atoms with Gasteiger partial charge < -0.3 is 9.64 Å². The van der Waals surface area contributed by atoms with Crippen LogP contribution in [0.4, 0.5) is 0 Å². The molecular formula is C23H22Br2N2O2. The summed E-state index contributed by atoms with van der Waals surface area (Å²) in [6.07, 6.45) is 4.89. The first-order valence-corrected chi connectivity index (χ1v) is 11.4. The van der Waals surface area contributed by atoms with Crippen molar-refractivity contribution >= 4 is 48.7 Å². The topological polar surface area (TPSA) is 42.4 Å². The minimum absolute atomic E-state index is 0.0231. The molecular weight excluding hydrogens is 496 g/mol. The summed E-state index contributed by atoms with van der Waals surface area (Å²) in [7, 11) is 0. The highest BCUT2D eigenvalue weighted by atomic mass is 79.9. The Labute approximate surface area is 187 Å². The van der Waals surface area contributed by atoms with Crippen molar-refractivity contribution in [3.63, 3.8) is 0 Å². The third-order valence-corrected chi connectivity index (χ3v) is 6.67. The van der Waals surface area contributed by atoms with Crippen molar-refractivity contribution in [2.75, 3.05) is 19.7 Å². The number of aromatic nitrogens is 1.